The van der Waals surface area contributed by atoms with E-state index in [2.05, 4.69) is 4.98 Å². The van der Waals surface area contributed by atoms with E-state index in [0.29, 0.717) is 28.8 Å². The predicted molar refractivity (Wildman–Crippen MR) is 81.1 cm³/mol. The maximum Gasteiger partial charge on any atom is 0.270 e. The van der Waals surface area contributed by atoms with Crippen molar-refractivity contribution < 1.29 is 14.3 Å². The first kappa shape index (κ1) is 15.3. The molecule has 21 heavy (non-hydrogen) atoms. The van der Waals surface area contributed by atoms with Crippen LogP contribution >= 0.6 is 11.6 Å². The van der Waals surface area contributed by atoms with E-state index >= 15 is 0 Å². The lowest BCUT2D eigenvalue weighted by Crippen LogP contribution is -2.26. The molecule has 0 bridgehead atoms. The highest BCUT2D eigenvalue weighted by molar-refractivity contribution is 6.30. The van der Waals surface area contributed by atoms with Crippen LogP contribution in [-0.2, 0) is 6.54 Å². The largest absolute Gasteiger partial charge is 0.493 e. The molecular formula is C15H17ClN2O3. The van der Waals surface area contributed by atoms with Crippen molar-refractivity contribution in [3.05, 3.63) is 46.7 Å². The monoisotopic (exact) mass is 308 g/mol. The molecule has 0 aliphatic carbocycles. The Hall–Kier alpha value is -2.14. The van der Waals surface area contributed by atoms with Gasteiger partial charge in [-0.25, -0.2) is 0 Å². The van der Waals surface area contributed by atoms with Crippen LogP contribution in [0.1, 0.15) is 16.1 Å². The summed E-state index contributed by atoms with van der Waals surface area (Å²) in [5, 5.41) is 0.505. The molecule has 0 unspecified atom stereocenters. The number of halogens is 1. The molecule has 0 saturated carbocycles. The first-order valence-electron chi connectivity index (χ1n) is 6.36. The summed E-state index contributed by atoms with van der Waals surface area (Å²) in [6, 6.07) is 7.17. The van der Waals surface area contributed by atoms with Crippen LogP contribution in [0.3, 0.4) is 0 Å². The summed E-state index contributed by atoms with van der Waals surface area (Å²) in [6.45, 7) is 0.399. The molecule has 1 N–H and O–H groups in total. The van der Waals surface area contributed by atoms with E-state index in [1.165, 1.54) is 0 Å². The minimum absolute atomic E-state index is 0.147. The molecule has 1 aromatic carbocycles. The molecule has 0 aliphatic heterocycles. The third kappa shape index (κ3) is 3.31. The van der Waals surface area contributed by atoms with Crippen molar-refractivity contribution >= 4 is 17.5 Å². The second-order valence-electron chi connectivity index (χ2n) is 4.55. The zero-order valence-corrected chi connectivity index (χ0v) is 12.9. The summed E-state index contributed by atoms with van der Waals surface area (Å²) in [5.41, 5.74) is 1.31. The van der Waals surface area contributed by atoms with Crippen LogP contribution in [0.4, 0.5) is 0 Å². The molecule has 0 spiro atoms. The molecule has 0 saturated heterocycles. The maximum atomic E-state index is 12.3. The van der Waals surface area contributed by atoms with Crippen LogP contribution in [0, 0.1) is 0 Å². The van der Waals surface area contributed by atoms with E-state index in [1.807, 2.05) is 18.2 Å². The summed E-state index contributed by atoms with van der Waals surface area (Å²) >= 11 is 5.82. The molecule has 112 valence electrons. The number of ether oxygens (including phenoxy) is 2. The van der Waals surface area contributed by atoms with E-state index < -0.39 is 0 Å². The minimum Gasteiger partial charge on any atom is -0.493 e. The lowest BCUT2D eigenvalue weighted by atomic mass is 10.1. The van der Waals surface area contributed by atoms with Crippen LogP contribution < -0.4 is 9.47 Å². The fourth-order valence-electron chi connectivity index (χ4n) is 2.10. The zero-order chi connectivity index (χ0) is 15.4. The number of para-hydroxylation sites is 1. The molecule has 5 nitrogen and oxygen atoms in total. The van der Waals surface area contributed by atoms with Crippen molar-refractivity contribution in [1.29, 1.82) is 0 Å². The number of carbonyl (C=O) groups is 1. The van der Waals surface area contributed by atoms with Gasteiger partial charge in [0.1, 0.15) is 5.69 Å². The maximum absolute atomic E-state index is 12.3. The zero-order valence-electron chi connectivity index (χ0n) is 12.1. The Morgan fingerprint density at radius 3 is 2.67 bits per heavy atom. The Bertz CT molecular complexity index is 640. The SMILES string of the molecule is COc1cccc(CN(C)C(=O)c2cc(Cl)c[nH]2)c1OC. The smallest absolute Gasteiger partial charge is 0.270 e. The molecule has 2 aromatic rings. The van der Waals surface area contributed by atoms with E-state index in [-0.39, 0.29) is 5.91 Å². The van der Waals surface area contributed by atoms with E-state index in [1.54, 1.807) is 38.4 Å². The second kappa shape index (κ2) is 6.54. The normalized spacial score (nSPS) is 10.3. The summed E-state index contributed by atoms with van der Waals surface area (Å²) < 4.78 is 10.6. The Kier molecular flexibility index (Phi) is 4.75. The van der Waals surface area contributed by atoms with Gasteiger partial charge in [-0.2, -0.15) is 0 Å². The average Bonchev–Trinajstić information content (AvgIpc) is 2.92. The number of H-pyrrole nitrogens is 1. The highest BCUT2D eigenvalue weighted by atomic mass is 35.5. The van der Waals surface area contributed by atoms with Gasteiger partial charge in [0.25, 0.3) is 5.91 Å². The fourth-order valence-corrected chi connectivity index (χ4v) is 2.27. The second-order valence-corrected chi connectivity index (χ2v) is 4.98. The first-order chi connectivity index (χ1) is 10.1. The van der Waals surface area contributed by atoms with Gasteiger partial charge in [0.15, 0.2) is 11.5 Å². The Labute approximate surface area is 128 Å². The van der Waals surface area contributed by atoms with Gasteiger partial charge < -0.3 is 19.4 Å². The summed E-state index contributed by atoms with van der Waals surface area (Å²) in [5.74, 6) is 1.12. The molecule has 6 heteroatoms. The van der Waals surface area contributed by atoms with Gasteiger partial charge in [-0.3, -0.25) is 4.79 Å². The van der Waals surface area contributed by atoms with Crippen LogP contribution in [0.5, 0.6) is 11.5 Å². The molecule has 1 amide bonds. The summed E-state index contributed by atoms with van der Waals surface area (Å²) in [6.07, 6.45) is 1.58. The third-order valence-corrected chi connectivity index (χ3v) is 3.34. The Balaban J connectivity index is 2.19. The Morgan fingerprint density at radius 1 is 1.33 bits per heavy atom. The van der Waals surface area contributed by atoms with Crippen molar-refractivity contribution in [3.63, 3.8) is 0 Å². The van der Waals surface area contributed by atoms with Gasteiger partial charge in [-0.05, 0) is 12.1 Å². The predicted octanol–water partition coefficient (Wildman–Crippen LogP) is 2.96. The lowest BCUT2D eigenvalue weighted by molar-refractivity contribution is 0.0779. The molecule has 1 aromatic heterocycles. The number of nitrogens with one attached hydrogen (secondary N) is 1. The first-order valence-corrected chi connectivity index (χ1v) is 6.74. The lowest BCUT2D eigenvalue weighted by Gasteiger charge is -2.19. The number of nitrogens with zero attached hydrogens (tertiary/aromatic N) is 1. The topological polar surface area (TPSA) is 54.6 Å². The van der Waals surface area contributed by atoms with Gasteiger partial charge >= 0.3 is 0 Å². The van der Waals surface area contributed by atoms with Crippen LogP contribution in [-0.4, -0.2) is 37.1 Å². The quantitative estimate of drug-likeness (QED) is 0.924. The fraction of sp³-hybridized carbons (Fsp3) is 0.267. The molecule has 0 fully saturated rings. The molecule has 0 atom stereocenters. The number of aromatic nitrogens is 1. The van der Waals surface area contributed by atoms with Crippen molar-refractivity contribution in [3.8, 4) is 11.5 Å². The van der Waals surface area contributed by atoms with Gasteiger partial charge in [-0.1, -0.05) is 23.7 Å². The van der Waals surface area contributed by atoms with E-state index in [4.69, 9.17) is 21.1 Å². The van der Waals surface area contributed by atoms with Gasteiger partial charge in [0, 0.05) is 25.4 Å². The number of aromatic amines is 1. The summed E-state index contributed by atoms with van der Waals surface area (Å²) in [4.78, 5) is 16.7. The summed E-state index contributed by atoms with van der Waals surface area (Å²) in [7, 11) is 4.88. The molecule has 0 radical (unpaired) electrons. The number of hydrogen-bond donors (Lipinski definition) is 1. The average molecular weight is 309 g/mol. The van der Waals surface area contributed by atoms with Gasteiger partial charge in [0.2, 0.25) is 0 Å². The Morgan fingerprint density at radius 2 is 2.10 bits per heavy atom. The van der Waals surface area contributed by atoms with E-state index in [9.17, 15) is 4.79 Å². The van der Waals surface area contributed by atoms with Crippen molar-refractivity contribution in [2.45, 2.75) is 6.54 Å². The molecular weight excluding hydrogens is 292 g/mol. The van der Waals surface area contributed by atoms with Crippen LogP contribution in [0.15, 0.2) is 30.5 Å². The number of amides is 1. The number of benzene rings is 1. The van der Waals surface area contributed by atoms with Crippen LogP contribution in [0.25, 0.3) is 0 Å². The van der Waals surface area contributed by atoms with Crippen molar-refractivity contribution in [2.24, 2.45) is 0 Å². The highest BCUT2D eigenvalue weighted by Gasteiger charge is 2.17. The standard InChI is InChI=1S/C15H17ClN2O3/c1-18(15(19)12-7-11(16)8-17-12)9-10-5-4-6-13(20-2)14(10)21-3/h4-8,17H,9H2,1-3H3. The van der Waals surface area contributed by atoms with Gasteiger partial charge in [-0.15, -0.1) is 0 Å². The van der Waals surface area contributed by atoms with Crippen LogP contribution in [0.2, 0.25) is 5.02 Å². The van der Waals surface area contributed by atoms with Crippen molar-refractivity contribution in [1.82, 2.24) is 9.88 Å². The number of hydrogen-bond acceptors (Lipinski definition) is 3. The molecule has 2 rings (SSSR count). The molecule has 1 heterocycles. The third-order valence-electron chi connectivity index (χ3n) is 3.12. The number of carbonyl (C=O) groups excluding carboxylic acids is 1. The number of methoxy groups -OCH3 is 2. The van der Waals surface area contributed by atoms with E-state index in [0.717, 1.165) is 5.56 Å². The number of rotatable bonds is 5. The van der Waals surface area contributed by atoms with Gasteiger partial charge in [0.05, 0.1) is 19.2 Å². The highest BCUT2D eigenvalue weighted by Crippen LogP contribution is 2.31. The molecule has 0 aliphatic rings. The minimum atomic E-state index is -0.147. The van der Waals surface area contributed by atoms with Crippen molar-refractivity contribution in [2.75, 3.05) is 21.3 Å².